The molecule has 2 aromatic rings. The molecule has 0 radical (unpaired) electrons. The molecule has 0 saturated heterocycles. The Kier molecular flexibility index (Phi) is 5.74. The molecule has 0 aromatic heterocycles. The second kappa shape index (κ2) is 7.88. The van der Waals surface area contributed by atoms with Crippen LogP contribution in [0.3, 0.4) is 0 Å². The second-order valence-corrected chi connectivity index (χ2v) is 9.12. The summed E-state index contributed by atoms with van der Waals surface area (Å²) in [5.41, 5.74) is 1.17. The lowest BCUT2D eigenvalue weighted by molar-refractivity contribution is 0.135. The number of ether oxygens (including phenoxy) is 1. The van der Waals surface area contributed by atoms with Crippen LogP contribution in [0.2, 0.25) is 0 Å². The fourth-order valence-corrected chi connectivity index (χ4v) is 3.96. The standard InChI is InChI=1S/C20H26N2O4S/c1-20(2,14-23)21-13-17-11-9-15-8-10-16(12-19(15)26-17)22-27(24,25)18-6-4-3-5-7-18/h3-8,10,12,17,21-23H,9,11,13-14H2,1-2H3. The number of hydrogen-bond donors (Lipinski definition) is 3. The maximum absolute atomic E-state index is 12.5. The molecule has 3 N–H and O–H groups in total. The maximum atomic E-state index is 12.5. The van der Waals surface area contributed by atoms with Gasteiger partial charge in [0.1, 0.15) is 11.9 Å². The number of aliphatic hydroxyl groups is 1. The first kappa shape index (κ1) is 19.7. The molecule has 0 aliphatic carbocycles. The number of nitrogens with one attached hydrogen (secondary N) is 2. The summed E-state index contributed by atoms with van der Waals surface area (Å²) in [6.45, 7) is 4.52. The highest BCUT2D eigenvalue weighted by atomic mass is 32.2. The van der Waals surface area contributed by atoms with Crippen LogP contribution >= 0.6 is 0 Å². The number of aliphatic hydroxyl groups excluding tert-OH is 1. The molecule has 146 valence electrons. The molecule has 1 heterocycles. The highest BCUT2D eigenvalue weighted by Crippen LogP contribution is 2.31. The summed E-state index contributed by atoms with van der Waals surface area (Å²) in [5, 5.41) is 12.6. The van der Waals surface area contributed by atoms with Gasteiger partial charge < -0.3 is 15.2 Å². The summed E-state index contributed by atoms with van der Waals surface area (Å²) in [6, 6.07) is 13.7. The van der Waals surface area contributed by atoms with E-state index in [9.17, 15) is 13.5 Å². The van der Waals surface area contributed by atoms with Gasteiger partial charge in [0.2, 0.25) is 0 Å². The monoisotopic (exact) mass is 390 g/mol. The van der Waals surface area contributed by atoms with E-state index in [1.807, 2.05) is 19.9 Å². The Morgan fingerprint density at radius 1 is 1.19 bits per heavy atom. The fraction of sp³-hybridized carbons (Fsp3) is 0.400. The maximum Gasteiger partial charge on any atom is 0.261 e. The first-order valence-electron chi connectivity index (χ1n) is 9.02. The molecule has 2 aromatic carbocycles. The molecule has 0 fully saturated rings. The van der Waals surface area contributed by atoms with Crippen LogP contribution in [0.1, 0.15) is 25.8 Å². The Morgan fingerprint density at radius 2 is 1.93 bits per heavy atom. The molecule has 6 nitrogen and oxygen atoms in total. The van der Waals surface area contributed by atoms with E-state index < -0.39 is 10.0 Å². The molecule has 7 heteroatoms. The van der Waals surface area contributed by atoms with Crippen LogP contribution in [0, 0.1) is 0 Å². The third-order valence-electron chi connectivity index (χ3n) is 4.61. The summed E-state index contributed by atoms with van der Waals surface area (Å²) < 4.78 is 33.7. The summed E-state index contributed by atoms with van der Waals surface area (Å²) in [4.78, 5) is 0.219. The Labute approximate surface area is 160 Å². The van der Waals surface area contributed by atoms with E-state index in [2.05, 4.69) is 10.0 Å². The van der Waals surface area contributed by atoms with Gasteiger partial charge in [-0.1, -0.05) is 24.3 Å². The Bertz CT molecular complexity index is 882. The van der Waals surface area contributed by atoms with E-state index >= 15 is 0 Å². The number of aryl methyl sites for hydroxylation is 1. The largest absolute Gasteiger partial charge is 0.489 e. The Balaban J connectivity index is 1.71. The van der Waals surface area contributed by atoms with Gasteiger partial charge in [0.05, 0.1) is 17.2 Å². The van der Waals surface area contributed by atoms with E-state index in [1.165, 1.54) is 0 Å². The number of benzene rings is 2. The van der Waals surface area contributed by atoms with Crippen LogP contribution in [-0.2, 0) is 16.4 Å². The van der Waals surface area contributed by atoms with Crippen molar-refractivity contribution in [3.63, 3.8) is 0 Å². The number of anilines is 1. The number of fused-ring (bicyclic) bond motifs is 1. The molecule has 1 atom stereocenters. The van der Waals surface area contributed by atoms with Crippen molar-refractivity contribution in [2.24, 2.45) is 0 Å². The second-order valence-electron chi connectivity index (χ2n) is 7.44. The van der Waals surface area contributed by atoms with E-state index in [-0.39, 0.29) is 23.1 Å². The van der Waals surface area contributed by atoms with Gasteiger partial charge in [0.15, 0.2) is 0 Å². The van der Waals surface area contributed by atoms with Crippen molar-refractivity contribution < 1.29 is 18.3 Å². The average molecular weight is 391 g/mol. The van der Waals surface area contributed by atoms with Crippen molar-refractivity contribution in [3.8, 4) is 5.75 Å². The highest BCUT2D eigenvalue weighted by Gasteiger charge is 2.24. The molecule has 0 saturated carbocycles. The van der Waals surface area contributed by atoms with Gasteiger partial charge in [0.25, 0.3) is 10.0 Å². The topological polar surface area (TPSA) is 87.7 Å². The zero-order valence-corrected chi connectivity index (χ0v) is 16.4. The molecule has 0 bridgehead atoms. The van der Waals surface area contributed by atoms with Crippen molar-refractivity contribution in [1.82, 2.24) is 5.32 Å². The van der Waals surface area contributed by atoms with Crippen LogP contribution in [0.5, 0.6) is 5.75 Å². The predicted molar refractivity (Wildman–Crippen MR) is 106 cm³/mol. The quantitative estimate of drug-likeness (QED) is 0.676. The van der Waals surface area contributed by atoms with Gasteiger partial charge in [0, 0.05) is 18.2 Å². The van der Waals surface area contributed by atoms with Crippen LogP contribution in [0.25, 0.3) is 0 Å². The van der Waals surface area contributed by atoms with Crippen LogP contribution in [0.15, 0.2) is 53.4 Å². The molecule has 0 spiro atoms. The molecule has 1 unspecified atom stereocenters. The van der Waals surface area contributed by atoms with Crippen molar-refractivity contribution in [1.29, 1.82) is 0 Å². The van der Waals surface area contributed by atoms with Crippen LogP contribution in [0.4, 0.5) is 5.69 Å². The normalized spacial score (nSPS) is 17.1. The smallest absolute Gasteiger partial charge is 0.261 e. The summed E-state index contributed by atoms with van der Waals surface area (Å²) in [7, 11) is -3.63. The third kappa shape index (κ3) is 5.00. The van der Waals surface area contributed by atoms with Gasteiger partial charge in [-0.25, -0.2) is 8.42 Å². The van der Waals surface area contributed by atoms with Gasteiger partial charge in [-0.05, 0) is 50.5 Å². The zero-order valence-electron chi connectivity index (χ0n) is 15.6. The minimum absolute atomic E-state index is 0.0238. The average Bonchev–Trinajstić information content (AvgIpc) is 2.66. The van der Waals surface area contributed by atoms with Crippen LogP contribution in [-0.4, -0.2) is 38.3 Å². The lowest BCUT2D eigenvalue weighted by Crippen LogP contribution is -2.47. The van der Waals surface area contributed by atoms with E-state index in [1.54, 1.807) is 42.5 Å². The number of rotatable bonds is 7. The zero-order chi connectivity index (χ0) is 19.5. The first-order valence-corrected chi connectivity index (χ1v) is 10.5. The first-order chi connectivity index (χ1) is 12.8. The summed E-state index contributed by atoms with van der Waals surface area (Å²) >= 11 is 0. The minimum Gasteiger partial charge on any atom is -0.489 e. The molecule has 3 rings (SSSR count). The SMILES string of the molecule is CC(C)(CO)NCC1CCc2ccc(NS(=O)(=O)c3ccccc3)cc2O1. The number of sulfonamides is 1. The van der Waals surface area contributed by atoms with Gasteiger partial charge in [-0.3, -0.25) is 4.72 Å². The summed E-state index contributed by atoms with van der Waals surface area (Å²) in [5.74, 6) is 0.697. The Hall–Kier alpha value is -2.09. The fourth-order valence-electron chi connectivity index (χ4n) is 2.89. The minimum atomic E-state index is -3.63. The molecule has 0 amide bonds. The lowest BCUT2D eigenvalue weighted by atomic mass is 10.0. The number of hydrogen-bond acceptors (Lipinski definition) is 5. The highest BCUT2D eigenvalue weighted by molar-refractivity contribution is 7.92. The van der Waals surface area contributed by atoms with Crippen molar-refractivity contribution in [2.45, 2.75) is 43.2 Å². The van der Waals surface area contributed by atoms with Crippen molar-refractivity contribution in [2.75, 3.05) is 17.9 Å². The third-order valence-corrected chi connectivity index (χ3v) is 6.00. The molecule has 1 aliphatic rings. The van der Waals surface area contributed by atoms with Crippen molar-refractivity contribution in [3.05, 3.63) is 54.1 Å². The van der Waals surface area contributed by atoms with Gasteiger partial charge in [-0.2, -0.15) is 0 Å². The lowest BCUT2D eigenvalue weighted by Gasteiger charge is -2.31. The van der Waals surface area contributed by atoms with Gasteiger partial charge in [-0.15, -0.1) is 0 Å². The molecule has 27 heavy (non-hydrogen) atoms. The summed E-state index contributed by atoms with van der Waals surface area (Å²) in [6.07, 6.45) is 1.72. The van der Waals surface area contributed by atoms with Crippen molar-refractivity contribution >= 4 is 15.7 Å². The van der Waals surface area contributed by atoms with Gasteiger partial charge >= 0.3 is 0 Å². The predicted octanol–water partition coefficient (Wildman–Crippen LogP) is 2.54. The van der Waals surface area contributed by atoms with Crippen LogP contribution < -0.4 is 14.8 Å². The van der Waals surface area contributed by atoms with E-state index in [0.717, 1.165) is 18.4 Å². The van der Waals surface area contributed by atoms with E-state index in [0.29, 0.717) is 18.0 Å². The molecule has 1 aliphatic heterocycles. The van der Waals surface area contributed by atoms with E-state index in [4.69, 9.17) is 4.74 Å². The molecular weight excluding hydrogens is 364 g/mol. The Morgan fingerprint density at radius 3 is 2.63 bits per heavy atom. The molecular formula is C20H26N2O4S.